The monoisotopic (exact) mass is 322 g/mol. The lowest BCUT2D eigenvalue weighted by molar-refractivity contribution is 0.334. The van der Waals surface area contributed by atoms with Gasteiger partial charge >= 0.3 is 0 Å². The maximum absolute atomic E-state index is 4.33. The van der Waals surface area contributed by atoms with E-state index in [1.807, 2.05) is 18.4 Å². The smallest absolute Gasteiger partial charge is 0.191 e. The highest BCUT2D eigenvalue weighted by Crippen LogP contribution is 2.16. The minimum absolute atomic E-state index is 0.392. The van der Waals surface area contributed by atoms with Crippen LogP contribution in [0.2, 0.25) is 0 Å². The van der Waals surface area contributed by atoms with Gasteiger partial charge < -0.3 is 15.5 Å². The van der Waals surface area contributed by atoms with Gasteiger partial charge in [0.25, 0.3) is 0 Å². The third-order valence-corrected chi connectivity index (χ3v) is 5.08. The number of guanidine groups is 1. The van der Waals surface area contributed by atoms with Crippen molar-refractivity contribution in [2.24, 2.45) is 4.99 Å². The Morgan fingerprint density at radius 1 is 1.36 bits per heavy atom. The summed E-state index contributed by atoms with van der Waals surface area (Å²) in [5.41, 5.74) is 0. The van der Waals surface area contributed by atoms with Crippen LogP contribution >= 0.6 is 11.3 Å². The first-order valence-corrected chi connectivity index (χ1v) is 9.24. The van der Waals surface area contributed by atoms with Crippen molar-refractivity contribution in [2.45, 2.75) is 45.6 Å². The van der Waals surface area contributed by atoms with Crippen molar-refractivity contribution in [3.05, 3.63) is 21.9 Å². The summed E-state index contributed by atoms with van der Waals surface area (Å²) in [5.74, 6) is 0.919. The number of rotatable bonds is 7. The zero-order valence-electron chi connectivity index (χ0n) is 14.2. The molecule has 4 nitrogen and oxygen atoms in total. The van der Waals surface area contributed by atoms with Crippen LogP contribution in [0.5, 0.6) is 0 Å². The van der Waals surface area contributed by atoms with Gasteiger partial charge in [0.15, 0.2) is 5.96 Å². The molecule has 1 aliphatic rings. The molecule has 0 aromatic carbocycles. The number of aliphatic imine (C=N–C) groups is 1. The van der Waals surface area contributed by atoms with Crippen LogP contribution in [-0.4, -0.2) is 50.1 Å². The summed E-state index contributed by atoms with van der Waals surface area (Å²) in [6.45, 7) is 9.13. The standard InChI is InChI=1S/C17H30N4S/c1-14(13-16-8-7-15(2)22-16)20-17(18-3)19-9-6-12-21-10-4-5-11-21/h7-8,14H,4-6,9-13H2,1-3H3,(H2,18,19,20). The SMILES string of the molecule is CN=C(NCCCN1CCCC1)NC(C)Cc1ccc(C)s1. The third kappa shape index (κ3) is 5.97. The Morgan fingerprint density at radius 3 is 2.77 bits per heavy atom. The van der Waals surface area contributed by atoms with Crippen molar-refractivity contribution >= 4 is 17.3 Å². The van der Waals surface area contributed by atoms with Crippen molar-refractivity contribution in [1.29, 1.82) is 0 Å². The highest BCUT2D eigenvalue weighted by atomic mass is 32.1. The van der Waals surface area contributed by atoms with Gasteiger partial charge in [0, 0.05) is 35.8 Å². The number of aryl methyl sites for hydroxylation is 1. The van der Waals surface area contributed by atoms with E-state index in [1.54, 1.807) is 0 Å². The summed E-state index contributed by atoms with van der Waals surface area (Å²) >= 11 is 1.88. The van der Waals surface area contributed by atoms with Gasteiger partial charge in [-0.2, -0.15) is 0 Å². The predicted octanol–water partition coefficient (Wildman–Crippen LogP) is 2.64. The molecule has 1 aromatic heterocycles. The van der Waals surface area contributed by atoms with Gasteiger partial charge in [-0.3, -0.25) is 4.99 Å². The Hall–Kier alpha value is -1.07. The summed E-state index contributed by atoms with van der Waals surface area (Å²) in [6.07, 6.45) is 4.97. The molecular formula is C17H30N4S. The van der Waals surface area contributed by atoms with Crippen LogP contribution in [0, 0.1) is 6.92 Å². The van der Waals surface area contributed by atoms with E-state index < -0.39 is 0 Å². The average Bonchev–Trinajstić information content (AvgIpc) is 3.14. The van der Waals surface area contributed by atoms with Gasteiger partial charge in [0.1, 0.15) is 0 Å². The normalized spacial score (nSPS) is 17.7. The van der Waals surface area contributed by atoms with Gasteiger partial charge in [0.05, 0.1) is 0 Å². The molecule has 1 aromatic rings. The molecule has 0 aliphatic carbocycles. The van der Waals surface area contributed by atoms with Crippen molar-refractivity contribution in [3.63, 3.8) is 0 Å². The van der Waals surface area contributed by atoms with E-state index in [9.17, 15) is 0 Å². The first kappa shape index (κ1) is 17.3. The van der Waals surface area contributed by atoms with Gasteiger partial charge in [0.2, 0.25) is 0 Å². The van der Waals surface area contributed by atoms with Crippen LogP contribution < -0.4 is 10.6 Å². The van der Waals surface area contributed by atoms with Crippen LogP contribution in [0.4, 0.5) is 0 Å². The Morgan fingerprint density at radius 2 is 2.14 bits per heavy atom. The van der Waals surface area contributed by atoms with Crippen LogP contribution in [0.15, 0.2) is 17.1 Å². The fraction of sp³-hybridized carbons (Fsp3) is 0.706. The molecule has 22 heavy (non-hydrogen) atoms. The summed E-state index contributed by atoms with van der Waals surface area (Å²) in [7, 11) is 1.85. The number of nitrogens with zero attached hydrogens (tertiary/aromatic N) is 2. The number of hydrogen-bond donors (Lipinski definition) is 2. The minimum atomic E-state index is 0.392. The Bertz CT molecular complexity index is 463. The predicted molar refractivity (Wildman–Crippen MR) is 97.0 cm³/mol. The molecule has 1 saturated heterocycles. The average molecular weight is 323 g/mol. The van der Waals surface area contributed by atoms with Crippen LogP contribution in [0.25, 0.3) is 0 Å². The Kier molecular flexibility index (Phi) is 7.19. The maximum atomic E-state index is 4.33. The second kappa shape index (κ2) is 9.16. The first-order valence-electron chi connectivity index (χ1n) is 8.42. The van der Waals surface area contributed by atoms with Gasteiger partial charge in [-0.25, -0.2) is 0 Å². The van der Waals surface area contributed by atoms with Crippen LogP contribution in [0.3, 0.4) is 0 Å². The van der Waals surface area contributed by atoms with E-state index in [0.717, 1.165) is 18.9 Å². The van der Waals surface area contributed by atoms with Gasteiger partial charge in [-0.05, 0) is 64.9 Å². The fourth-order valence-electron chi connectivity index (χ4n) is 2.89. The molecular weight excluding hydrogens is 292 g/mol. The Balaban J connectivity index is 1.63. The molecule has 1 aliphatic heterocycles. The minimum Gasteiger partial charge on any atom is -0.356 e. The van der Waals surface area contributed by atoms with E-state index in [4.69, 9.17) is 0 Å². The summed E-state index contributed by atoms with van der Waals surface area (Å²) in [4.78, 5) is 9.70. The molecule has 5 heteroatoms. The molecule has 1 atom stereocenters. The summed E-state index contributed by atoms with van der Waals surface area (Å²) in [6, 6.07) is 4.81. The second-order valence-corrected chi connectivity index (χ2v) is 7.54. The van der Waals surface area contributed by atoms with Crippen LogP contribution in [-0.2, 0) is 6.42 Å². The number of likely N-dealkylation sites (tertiary alicyclic amines) is 1. The lowest BCUT2D eigenvalue weighted by atomic mass is 10.2. The molecule has 0 amide bonds. The largest absolute Gasteiger partial charge is 0.356 e. The fourth-order valence-corrected chi connectivity index (χ4v) is 3.91. The number of thiophene rings is 1. The molecule has 0 bridgehead atoms. The molecule has 124 valence electrons. The first-order chi connectivity index (χ1) is 10.7. The summed E-state index contributed by atoms with van der Waals surface area (Å²) in [5, 5.41) is 6.92. The van der Waals surface area contributed by atoms with Crippen molar-refractivity contribution < 1.29 is 0 Å². The van der Waals surface area contributed by atoms with E-state index in [2.05, 4.69) is 46.5 Å². The van der Waals surface area contributed by atoms with Gasteiger partial charge in [-0.1, -0.05) is 0 Å². The second-order valence-electron chi connectivity index (χ2n) is 6.16. The lowest BCUT2D eigenvalue weighted by Gasteiger charge is -2.18. The van der Waals surface area contributed by atoms with Crippen molar-refractivity contribution in [2.75, 3.05) is 33.2 Å². The quantitative estimate of drug-likeness (QED) is 0.460. The lowest BCUT2D eigenvalue weighted by Crippen LogP contribution is -2.43. The summed E-state index contributed by atoms with van der Waals surface area (Å²) < 4.78 is 0. The van der Waals surface area contributed by atoms with E-state index in [-0.39, 0.29) is 0 Å². The van der Waals surface area contributed by atoms with E-state index in [1.165, 1.54) is 48.7 Å². The number of hydrogen-bond acceptors (Lipinski definition) is 3. The van der Waals surface area contributed by atoms with Crippen molar-refractivity contribution in [3.8, 4) is 0 Å². The molecule has 0 radical (unpaired) electrons. The Labute approximate surface area is 139 Å². The molecule has 1 fully saturated rings. The van der Waals surface area contributed by atoms with Gasteiger partial charge in [-0.15, -0.1) is 11.3 Å². The van der Waals surface area contributed by atoms with E-state index in [0.29, 0.717) is 6.04 Å². The molecule has 2 rings (SSSR count). The molecule has 2 N–H and O–H groups in total. The molecule has 0 saturated carbocycles. The topological polar surface area (TPSA) is 39.7 Å². The molecule has 2 heterocycles. The van der Waals surface area contributed by atoms with Crippen LogP contribution in [0.1, 0.15) is 35.9 Å². The molecule has 1 unspecified atom stereocenters. The third-order valence-electron chi connectivity index (χ3n) is 4.05. The zero-order chi connectivity index (χ0) is 15.8. The number of nitrogens with one attached hydrogen (secondary N) is 2. The zero-order valence-corrected chi connectivity index (χ0v) is 15.0. The molecule has 0 spiro atoms. The highest BCUT2D eigenvalue weighted by Gasteiger charge is 2.11. The highest BCUT2D eigenvalue weighted by molar-refractivity contribution is 7.11. The van der Waals surface area contributed by atoms with Crippen molar-refractivity contribution in [1.82, 2.24) is 15.5 Å². The van der Waals surface area contributed by atoms with E-state index >= 15 is 0 Å². The maximum Gasteiger partial charge on any atom is 0.191 e.